The third-order valence-electron chi connectivity index (χ3n) is 3.51. The molecule has 0 radical (unpaired) electrons. The molecule has 14 heteroatoms. The normalized spacial score (nSPS) is 12.8. The number of carbonyl (C=O) groups excluding carboxylic acids is 1. The van der Waals surface area contributed by atoms with Gasteiger partial charge in [0.15, 0.2) is 17.3 Å². The molecule has 4 N–H and O–H groups in total. The van der Waals surface area contributed by atoms with Crippen LogP contribution in [0.5, 0.6) is 0 Å². The molecule has 2 aromatic rings. The molecule has 0 saturated carbocycles. The Hall–Kier alpha value is -2.41. The number of amidine groups is 1. The number of halogens is 5. The molecule has 1 aromatic heterocycles. The minimum atomic E-state index is -4.69. The van der Waals surface area contributed by atoms with E-state index in [2.05, 4.69) is 9.94 Å². The van der Waals surface area contributed by atoms with Crippen molar-refractivity contribution in [2.75, 3.05) is 12.0 Å². The topological polar surface area (TPSA) is 129 Å². The molecule has 30 heavy (non-hydrogen) atoms. The third kappa shape index (κ3) is 5.01. The number of aromatic nitrogens is 2. The summed E-state index contributed by atoms with van der Waals surface area (Å²) in [7, 11) is 0. The maximum atomic E-state index is 13.0. The lowest BCUT2D eigenvalue weighted by molar-refractivity contribution is -0.141. The number of nitrogens with one attached hydrogen (secondary N) is 2. The summed E-state index contributed by atoms with van der Waals surface area (Å²) in [6, 6.07) is 1.27. The van der Waals surface area contributed by atoms with Crippen LogP contribution in [0, 0.1) is 5.41 Å². The van der Waals surface area contributed by atoms with E-state index in [1.54, 1.807) is 6.92 Å². The van der Waals surface area contributed by atoms with Gasteiger partial charge in [-0.1, -0.05) is 29.3 Å². The summed E-state index contributed by atoms with van der Waals surface area (Å²) >= 11 is 10.2. The van der Waals surface area contributed by atoms with Crippen molar-refractivity contribution in [2.45, 2.75) is 18.0 Å². The Bertz CT molecular complexity index is 1000. The summed E-state index contributed by atoms with van der Waals surface area (Å²) in [5, 5.41) is 11.1. The van der Waals surface area contributed by atoms with Crippen LogP contribution in [-0.4, -0.2) is 32.4 Å². The zero-order valence-corrected chi connectivity index (χ0v) is 17.6. The highest BCUT2D eigenvalue weighted by Crippen LogP contribution is 2.39. The quantitative estimate of drug-likeness (QED) is 0.200. The lowest BCUT2D eigenvalue weighted by atomic mass is 10.2. The van der Waals surface area contributed by atoms with Crippen molar-refractivity contribution in [1.82, 2.24) is 15.3 Å². The van der Waals surface area contributed by atoms with Crippen molar-refractivity contribution in [3.63, 3.8) is 0 Å². The smallest absolute Gasteiger partial charge is 0.416 e. The van der Waals surface area contributed by atoms with Gasteiger partial charge < -0.3 is 15.1 Å². The van der Waals surface area contributed by atoms with Gasteiger partial charge in [-0.2, -0.15) is 23.8 Å². The molecule has 0 aliphatic carbocycles. The van der Waals surface area contributed by atoms with Crippen LogP contribution >= 0.6 is 23.2 Å². The first-order chi connectivity index (χ1) is 13.9. The van der Waals surface area contributed by atoms with Crippen molar-refractivity contribution in [1.29, 1.82) is 5.41 Å². The van der Waals surface area contributed by atoms with Gasteiger partial charge in [0.25, 0.3) is 0 Å². The van der Waals surface area contributed by atoms with E-state index in [1.807, 2.05) is 5.48 Å². The number of allylic oxidation sites excluding steroid dienone is 1. The highest BCUT2D eigenvalue weighted by molar-refractivity contribution is 7.91. The lowest BCUT2D eigenvalue weighted by Gasteiger charge is -2.13. The second-order valence-electron chi connectivity index (χ2n) is 5.61. The predicted octanol–water partition coefficient (Wildman–Crippen LogP) is 3.47. The van der Waals surface area contributed by atoms with Crippen LogP contribution in [0.1, 0.15) is 18.2 Å². The molecule has 0 saturated heterocycles. The molecule has 2 rings (SSSR count). The van der Waals surface area contributed by atoms with Gasteiger partial charge >= 0.3 is 12.1 Å². The van der Waals surface area contributed by atoms with Crippen LogP contribution in [0.2, 0.25) is 10.0 Å². The molecule has 162 valence electrons. The summed E-state index contributed by atoms with van der Waals surface area (Å²) in [5.74, 6) is -1.67. The lowest BCUT2D eigenvalue weighted by Crippen LogP contribution is -2.28. The number of anilines is 1. The molecule has 0 bridgehead atoms. The largest absolute Gasteiger partial charge is 0.611 e. The molecule has 1 unspecified atom stereocenters. The summed E-state index contributed by atoms with van der Waals surface area (Å²) in [4.78, 5) is 15.9. The second-order valence-corrected chi connectivity index (χ2v) is 7.74. The van der Waals surface area contributed by atoms with Crippen molar-refractivity contribution in [3.05, 3.63) is 45.6 Å². The van der Waals surface area contributed by atoms with Gasteiger partial charge in [0.05, 0.1) is 15.6 Å². The van der Waals surface area contributed by atoms with Crippen LogP contribution in [0.15, 0.2) is 29.2 Å². The number of nitrogens with two attached hydrogens (primary N) is 1. The van der Waals surface area contributed by atoms with E-state index in [1.165, 1.54) is 12.3 Å². The first-order valence-electron chi connectivity index (χ1n) is 7.85. The molecule has 1 aromatic carbocycles. The average Bonchev–Trinajstić information content (AvgIpc) is 2.96. The monoisotopic (exact) mass is 483 g/mol. The minimum Gasteiger partial charge on any atom is -0.611 e. The maximum absolute atomic E-state index is 13.0. The van der Waals surface area contributed by atoms with E-state index < -0.39 is 44.8 Å². The molecule has 0 amide bonds. The minimum absolute atomic E-state index is 0.137. The van der Waals surface area contributed by atoms with Gasteiger partial charge in [-0.05, 0) is 30.2 Å². The van der Waals surface area contributed by atoms with Crippen LogP contribution in [0.3, 0.4) is 0 Å². The zero-order valence-electron chi connectivity index (χ0n) is 15.3. The van der Waals surface area contributed by atoms with Crippen LogP contribution < -0.4 is 11.2 Å². The molecule has 1 atom stereocenters. The average molecular weight is 484 g/mol. The Balaban J connectivity index is 2.55. The number of rotatable bonds is 4. The van der Waals surface area contributed by atoms with Gasteiger partial charge in [-0.15, -0.1) is 0 Å². The van der Waals surface area contributed by atoms with Crippen molar-refractivity contribution >= 4 is 52.0 Å². The van der Waals surface area contributed by atoms with Crippen molar-refractivity contribution < 1.29 is 27.4 Å². The number of nitrogen functional groups attached to an aromatic ring is 1. The first kappa shape index (κ1) is 23.9. The summed E-state index contributed by atoms with van der Waals surface area (Å²) < 4.78 is 51.9. The van der Waals surface area contributed by atoms with Gasteiger partial charge in [-0.3, -0.25) is 5.41 Å². The number of nitrogens with zero attached hydrogens (tertiary/aromatic N) is 2. The fourth-order valence-corrected chi connectivity index (χ4v) is 3.73. The number of hydrogen-bond acceptors (Lipinski definition) is 6. The maximum Gasteiger partial charge on any atom is 0.416 e. The fourth-order valence-electron chi connectivity index (χ4n) is 2.29. The molecule has 0 spiro atoms. The highest BCUT2D eigenvalue weighted by atomic mass is 35.5. The fraction of sp³-hybridized carbons (Fsp3) is 0.188. The number of benzene rings is 1. The van der Waals surface area contributed by atoms with Gasteiger partial charge in [0.1, 0.15) is 11.9 Å². The van der Waals surface area contributed by atoms with E-state index >= 15 is 0 Å². The zero-order chi connectivity index (χ0) is 22.8. The van der Waals surface area contributed by atoms with Gasteiger partial charge in [0.2, 0.25) is 4.90 Å². The summed E-state index contributed by atoms with van der Waals surface area (Å²) in [6.45, 7) is 1.57. The molecule has 8 nitrogen and oxygen atoms in total. The van der Waals surface area contributed by atoms with E-state index in [0.29, 0.717) is 12.1 Å². The third-order valence-corrected chi connectivity index (χ3v) is 5.07. The number of alkyl halides is 3. The van der Waals surface area contributed by atoms with Gasteiger partial charge in [-0.25, -0.2) is 9.48 Å². The second kappa shape index (κ2) is 9.16. The highest BCUT2D eigenvalue weighted by Gasteiger charge is 2.34. The Labute approximate surface area is 181 Å². The SMILES string of the molecule is C/C=C/C(=O)ONC(=N)c1nn(-c2c(Cl)cc(C(F)(F)F)cc2Cl)c(N)c1[S+](C)[O-]. The van der Waals surface area contributed by atoms with E-state index in [-0.39, 0.29) is 22.1 Å². The van der Waals surface area contributed by atoms with Crippen LogP contribution in [-0.2, 0) is 27.0 Å². The first-order valence-corrected chi connectivity index (χ1v) is 10.2. The molecule has 0 aliphatic heterocycles. The van der Waals surface area contributed by atoms with E-state index in [0.717, 1.165) is 10.8 Å². The molecular formula is C16H14Cl2F3N5O3S. The number of carbonyl (C=O) groups is 1. The standard InChI is InChI=1S/C16H14Cl2F3N5O3S/c1-3-4-10(27)29-25-14(22)11-13(30(2)28)15(23)26(24-11)12-8(17)5-7(6-9(12)18)16(19,20)21/h3-6H,23H2,1-2H3,(H2,22,25)/b4-3+. The van der Waals surface area contributed by atoms with Crippen molar-refractivity contribution in [2.24, 2.45) is 0 Å². The predicted molar refractivity (Wildman–Crippen MR) is 106 cm³/mol. The van der Waals surface area contributed by atoms with E-state index in [9.17, 15) is 22.5 Å². The van der Waals surface area contributed by atoms with Crippen LogP contribution in [0.25, 0.3) is 5.69 Å². The summed E-state index contributed by atoms with van der Waals surface area (Å²) in [5.41, 5.74) is 6.42. The Morgan fingerprint density at radius 3 is 2.43 bits per heavy atom. The van der Waals surface area contributed by atoms with E-state index in [4.69, 9.17) is 34.3 Å². The Kier molecular flexibility index (Phi) is 7.29. The Morgan fingerprint density at radius 2 is 1.97 bits per heavy atom. The number of hydroxylamine groups is 1. The van der Waals surface area contributed by atoms with Crippen LogP contribution in [0.4, 0.5) is 19.0 Å². The molecule has 1 heterocycles. The molecule has 0 fully saturated rings. The molecule has 0 aliphatic rings. The molecular weight excluding hydrogens is 470 g/mol. The Morgan fingerprint density at radius 1 is 1.40 bits per heavy atom. The van der Waals surface area contributed by atoms with Gasteiger partial charge in [0, 0.05) is 6.08 Å². The summed E-state index contributed by atoms with van der Waals surface area (Å²) in [6.07, 6.45) is -0.961. The van der Waals surface area contributed by atoms with Crippen molar-refractivity contribution in [3.8, 4) is 5.69 Å². The number of hydrogen-bond donors (Lipinski definition) is 3.